The van der Waals surface area contributed by atoms with Crippen molar-refractivity contribution >= 4 is 15.9 Å². The van der Waals surface area contributed by atoms with Gasteiger partial charge in [-0.25, -0.2) is 0 Å². The fourth-order valence-corrected chi connectivity index (χ4v) is 2.51. The second-order valence-electron chi connectivity index (χ2n) is 4.71. The molecule has 0 bridgehead atoms. The molecule has 0 amide bonds. The van der Waals surface area contributed by atoms with E-state index in [0.29, 0.717) is 6.04 Å². The molecule has 0 radical (unpaired) electrons. The lowest BCUT2D eigenvalue weighted by Crippen LogP contribution is -2.48. The standard InChI is InChI=1S/C14H22BrNO/c1-5-17-14(2,3)13(16-4)10-11-7-6-8-12(15)9-11/h6-9,13,16H,5,10H2,1-4H3. The molecule has 0 saturated heterocycles. The van der Waals surface area contributed by atoms with Crippen LogP contribution < -0.4 is 5.32 Å². The first-order chi connectivity index (χ1) is 7.99. The topological polar surface area (TPSA) is 21.3 Å². The molecule has 1 N–H and O–H groups in total. The molecule has 0 aliphatic rings. The summed E-state index contributed by atoms with van der Waals surface area (Å²) in [5.41, 5.74) is 1.15. The zero-order valence-corrected chi connectivity index (χ0v) is 12.7. The molecule has 0 saturated carbocycles. The van der Waals surface area contributed by atoms with E-state index in [0.717, 1.165) is 17.5 Å². The van der Waals surface area contributed by atoms with Crippen molar-refractivity contribution in [2.24, 2.45) is 0 Å². The first-order valence-electron chi connectivity index (χ1n) is 6.05. The van der Waals surface area contributed by atoms with E-state index >= 15 is 0 Å². The van der Waals surface area contributed by atoms with E-state index in [1.807, 2.05) is 20.0 Å². The maximum atomic E-state index is 5.81. The quantitative estimate of drug-likeness (QED) is 0.869. The summed E-state index contributed by atoms with van der Waals surface area (Å²) >= 11 is 3.50. The van der Waals surface area contributed by atoms with E-state index in [9.17, 15) is 0 Å². The summed E-state index contributed by atoms with van der Waals surface area (Å²) in [5.74, 6) is 0. The van der Waals surface area contributed by atoms with Gasteiger partial charge in [0, 0.05) is 17.1 Å². The van der Waals surface area contributed by atoms with Gasteiger partial charge in [0.2, 0.25) is 0 Å². The van der Waals surface area contributed by atoms with Crippen molar-refractivity contribution in [1.29, 1.82) is 0 Å². The molecule has 0 spiro atoms. The molecular formula is C14H22BrNO. The van der Waals surface area contributed by atoms with Crippen LogP contribution in [0.25, 0.3) is 0 Å². The Morgan fingerprint density at radius 3 is 2.65 bits per heavy atom. The SMILES string of the molecule is CCOC(C)(C)C(Cc1cccc(Br)c1)NC. The number of hydrogen-bond donors (Lipinski definition) is 1. The molecule has 2 nitrogen and oxygen atoms in total. The molecule has 1 aromatic rings. The third-order valence-electron chi connectivity index (χ3n) is 3.03. The van der Waals surface area contributed by atoms with Crippen LogP contribution in [0.5, 0.6) is 0 Å². The average molecular weight is 300 g/mol. The highest BCUT2D eigenvalue weighted by atomic mass is 79.9. The van der Waals surface area contributed by atoms with Gasteiger partial charge in [-0.1, -0.05) is 28.1 Å². The fraction of sp³-hybridized carbons (Fsp3) is 0.571. The van der Waals surface area contributed by atoms with Crippen LogP contribution in [-0.4, -0.2) is 25.3 Å². The van der Waals surface area contributed by atoms with Crippen LogP contribution in [0.4, 0.5) is 0 Å². The van der Waals surface area contributed by atoms with Crippen molar-refractivity contribution in [2.45, 2.75) is 38.8 Å². The minimum Gasteiger partial charge on any atom is -0.374 e. The van der Waals surface area contributed by atoms with Gasteiger partial charge in [0.15, 0.2) is 0 Å². The first kappa shape index (κ1) is 14.7. The second kappa shape index (κ2) is 6.53. The van der Waals surface area contributed by atoms with Crippen molar-refractivity contribution < 1.29 is 4.74 Å². The van der Waals surface area contributed by atoms with Crippen molar-refractivity contribution in [3.8, 4) is 0 Å². The molecule has 3 heteroatoms. The summed E-state index contributed by atoms with van der Waals surface area (Å²) in [7, 11) is 1.99. The molecule has 1 rings (SSSR count). The Bertz CT molecular complexity index is 352. The molecule has 0 aliphatic heterocycles. The molecule has 1 aromatic carbocycles. The maximum Gasteiger partial charge on any atom is 0.0781 e. The third kappa shape index (κ3) is 4.41. The van der Waals surface area contributed by atoms with Gasteiger partial charge in [0.05, 0.1) is 5.60 Å². The smallest absolute Gasteiger partial charge is 0.0781 e. The zero-order chi connectivity index (χ0) is 12.9. The van der Waals surface area contributed by atoms with E-state index in [2.05, 4.69) is 53.3 Å². The minimum atomic E-state index is -0.161. The normalized spacial score (nSPS) is 13.7. The molecule has 1 unspecified atom stereocenters. The monoisotopic (exact) mass is 299 g/mol. The molecule has 0 fully saturated rings. The van der Waals surface area contributed by atoms with Gasteiger partial charge in [0.25, 0.3) is 0 Å². The Hall–Kier alpha value is -0.380. The number of benzene rings is 1. The Morgan fingerprint density at radius 2 is 2.12 bits per heavy atom. The van der Waals surface area contributed by atoms with E-state index in [1.54, 1.807) is 0 Å². The highest BCUT2D eigenvalue weighted by molar-refractivity contribution is 9.10. The molecule has 0 heterocycles. The number of halogens is 1. The summed E-state index contributed by atoms with van der Waals surface area (Å²) in [6, 6.07) is 8.73. The molecular weight excluding hydrogens is 278 g/mol. The summed E-state index contributed by atoms with van der Waals surface area (Å²) in [6.45, 7) is 7.04. The number of ether oxygens (including phenoxy) is 1. The van der Waals surface area contributed by atoms with Gasteiger partial charge in [-0.05, 0) is 51.9 Å². The van der Waals surface area contributed by atoms with Gasteiger partial charge < -0.3 is 10.1 Å². The van der Waals surface area contributed by atoms with Crippen LogP contribution in [-0.2, 0) is 11.2 Å². The predicted octanol–water partition coefficient (Wildman–Crippen LogP) is 3.39. The fourth-order valence-electron chi connectivity index (χ4n) is 2.07. The Balaban J connectivity index is 2.76. The van der Waals surface area contributed by atoms with Gasteiger partial charge in [-0.3, -0.25) is 0 Å². The Kier molecular flexibility index (Phi) is 5.63. The number of nitrogens with one attached hydrogen (secondary N) is 1. The largest absolute Gasteiger partial charge is 0.374 e. The predicted molar refractivity (Wildman–Crippen MR) is 76.4 cm³/mol. The van der Waals surface area contributed by atoms with Crippen LogP contribution in [0.3, 0.4) is 0 Å². The third-order valence-corrected chi connectivity index (χ3v) is 3.53. The van der Waals surface area contributed by atoms with Crippen molar-refractivity contribution in [3.63, 3.8) is 0 Å². The second-order valence-corrected chi connectivity index (χ2v) is 5.63. The molecule has 17 heavy (non-hydrogen) atoms. The Labute approximate surface area is 113 Å². The van der Waals surface area contributed by atoms with E-state index in [-0.39, 0.29) is 5.60 Å². The van der Waals surface area contributed by atoms with Crippen LogP contribution in [0.2, 0.25) is 0 Å². The van der Waals surface area contributed by atoms with Crippen molar-refractivity contribution in [2.75, 3.05) is 13.7 Å². The lowest BCUT2D eigenvalue weighted by Gasteiger charge is -2.34. The molecule has 0 aromatic heterocycles. The van der Waals surface area contributed by atoms with Gasteiger partial charge in [-0.2, -0.15) is 0 Å². The summed E-state index contributed by atoms with van der Waals surface area (Å²) in [4.78, 5) is 0. The van der Waals surface area contributed by atoms with Gasteiger partial charge in [-0.15, -0.1) is 0 Å². The first-order valence-corrected chi connectivity index (χ1v) is 6.84. The highest BCUT2D eigenvalue weighted by Gasteiger charge is 2.28. The van der Waals surface area contributed by atoms with Crippen LogP contribution in [0, 0.1) is 0 Å². The van der Waals surface area contributed by atoms with Gasteiger partial charge in [0.1, 0.15) is 0 Å². The van der Waals surface area contributed by atoms with Crippen molar-refractivity contribution in [1.82, 2.24) is 5.32 Å². The lowest BCUT2D eigenvalue weighted by atomic mass is 9.92. The summed E-state index contributed by atoms with van der Waals surface area (Å²) in [6.07, 6.45) is 0.961. The van der Waals surface area contributed by atoms with Crippen molar-refractivity contribution in [3.05, 3.63) is 34.3 Å². The summed E-state index contributed by atoms with van der Waals surface area (Å²) < 4.78 is 6.93. The Morgan fingerprint density at radius 1 is 1.41 bits per heavy atom. The summed E-state index contributed by atoms with van der Waals surface area (Å²) in [5, 5.41) is 3.35. The molecule has 0 aliphatic carbocycles. The van der Waals surface area contributed by atoms with E-state index in [1.165, 1.54) is 5.56 Å². The lowest BCUT2D eigenvalue weighted by molar-refractivity contribution is -0.0363. The van der Waals surface area contributed by atoms with E-state index < -0.39 is 0 Å². The number of rotatable bonds is 6. The highest BCUT2D eigenvalue weighted by Crippen LogP contribution is 2.20. The number of likely N-dealkylation sites (N-methyl/N-ethyl adjacent to an activating group) is 1. The molecule has 96 valence electrons. The zero-order valence-electron chi connectivity index (χ0n) is 11.1. The van der Waals surface area contributed by atoms with Crippen LogP contribution in [0.15, 0.2) is 28.7 Å². The maximum absolute atomic E-state index is 5.81. The minimum absolute atomic E-state index is 0.161. The van der Waals surface area contributed by atoms with Crippen LogP contribution in [0.1, 0.15) is 26.3 Å². The van der Waals surface area contributed by atoms with E-state index in [4.69, 9.17) is 4.74 Å². The number of hydrogen-bond acceptors (Lipinski definition) is 2. The van der Waals surface area contributed by atoms with Gasteiger partial charge >= 0.3 is 0 Å². The average Bonchev–Trinajstić information content (AvgIpc) is 2.25. The van der Waals surface area contributed by atoms with Crippen LogP contribution >= 0.6 is 15.9 Å². The molecule has 1 atom stereocenters.